The van der Waals surface area contributed by atoms with Crippen LogP contribution in [0.15, 0.2) is 66.9 Å². The number of nitrogens with one attached hydrogen (secondary N) is 1. The highest BCUT2D eigenvalue weighted by atomic mass is 19.4. The maximum atomic E-state index is 10.6. The van der Waals surface area contributed by atoms with Gasteiger partial charge in [0.25, 0.3) is 0 Å². The number of fused-ring (bicyclic) bond motifs is 1. The fraction of sp³-hybridized carbons (Fsp3) is 0.261. The predicted octanol–water partition coefficient (Wildman–Crippen LogP) is 4.42. The maximum Gasteiger partial charge on any atom is 0.490 e. The molecule has 1 aliphatic carbocycles. The lowest BCUT2D eigenvalue weighted by molar-refractivity contribution is -0.192. The molecule has 2 aromatic carbocycles. The molecule has 8 heteroatoms. The van der Waals surface area contributed by atoms with Crippen LogP contribution in [0.4, 0.5) is 13.2 Å². The number of aromatic nitrogens is 2. The summed E-state index contributed by atoms with van der Waals surface area (Å²) in [6, 6.07) is 21.3. The number of aryl methyl sites for hydroxylation is 1. The molecule has 1 unspecified atom stereocenters. The molecular weight excluding hydrogens is 407 g/mol. The molecule has 1 atom stereocenters. The van der Waals surface area contributed by atoms with E-state index in [9.17, 15) is 13.2 Å². The summed E-state index contributed by atoms with van der Waals surface area (Å²) >= 11 is 0. The molecule has 0 saturated carbocycles. The number of halogens is 3. The van der Waals surface area contributed by atoms with E-state index >= 15 is 0 Å². The third-order valence-corrected chi connectivity index (χ3v) is 4.86. The van der Waals surface area contributed by atoms with Gasteiger partial charge in [-0.25, -0.2) is 14.8 Å². The van der Waals surface area contributed by atoms with E-state index < -0.39 is 12.1 Å². The van der Waals surface area contributed by atoms with Gasteiger partial charge >= 0.3 is 12.1 Å². The number of carboxylic acids is 1. The van der Waals surface area contributed by atoms with Crippen LogP contribution < -0.4 is 5.32 Å². The van der Waals surface area contributed by atoms with Gasteiger partial charge in [0.1, 0.15) is 0 Å². The Morgan fingerprint density at radius 2 is 1.68 bits per heavy atom. The summed E-state index contributed by atoms with van der Waals surface area (Å²) in [5.74, 6) is -1.92. The van der Waals surface area contributed by atoms with E-state index in [4.69, 9.17) is 14.9 Å². The molecule has 1 aliphatic rings. The van der Waals surface area contributed by atoms with E-state index in [1.165, 1.54) is 16.8 Å². The van der Waals surface area contributed by atoms with Gasteiger partial charge in [0.2, 0.25) is 0 Å². The van der Waals surface area contributed by atoms with Crippen molar-refractivity contribution in [3.8, 4) is 11.4 Å². The maximum absolute atomic E-state index is 10.6. The van der Waals surface area contributed by atoms with Crippen molar-refractivity contribution in [2.45, 2.75) is 38.0 Å². The van der Waals surface area contributed by atoms with Crippen molar-refractivity contribution in [3.63, 3.8) is 0 Å². The molecule has 4 rings (SSSR count). The van der Waals surface area contributed by atoms with Gasteiger partial charge in [0, 0.05) is 30.0 Å². The Hall–Kier alpha value is -3.26. The first-order valence-electron chi connectivity index (χ1n) is 9.80. The average molecular weight is 429 g/mol. The van der Waals surface area contributed by atoms with Crippen LogP contribution in [0.1, 0.15) is 23.2 Å². The minimum absolute atomic E-state index is 0.504. The van der Waals surface area contributed by atoms with Crippen LogP contribution in [0.25, 0.3) is 11.4 Å². The van der Waals surface area contributed by atoms with Crippen LogP contribution in [-0.4, -0.2) is 33.3 Å². The highest BCUT2D eigenvalue weighted by Gasteiger charge is 2.38. The Morgan fingerprint density at radius 1 is 1.06 bits per heavy atom. The predicted molar refractivity (Wildman–Crippen MR) is 110 cm³/mol. The van der Waals surface area contributed by atoms with Gasteiger partial charge in [-0.3, -0.25) is 0 Å². The molecule has 2 N–H and O–H groups in total. The minimum Gasteiger partial charge on any atom is -0.475 e. The van der Waals surface area contributed by atoms with E-state index in [1.807, 2.05) is 24.4 Å². The first-order valence-corrected chi connectivity index (χ1v) is 9.80. The highest BCUT2D eigenvalue weighted by molar-refractivity contribution is 5.73. The number of alkyl halides is 3. The molecule has 1 aromatic heterocycles. The molecule has 5 nitrogen and oxygen atoms in total. The van der Waals surface area contributed by atoms with Gasteiger partial charge in [-0.15, -0.1) is 0 Å². The van der Waals surface area contributed by atoms with Crippen LogP contribution in [-0.2, 0) is 24.2 Å². The molecular formula is C23H22F3N3O2. The van der Waals surface area contributed by atoms with Crippen LogP contribution in [0.3, 0.4) is 0 Å². The van der Waals surface area contributed by atoms with Gasteiger partial charge in [-0.2, -0.15) is 13.2 Å². The zero-order chi connectivity index (χ0) is 22.3. The zero-order valence-electron chi connectivity index (χ0n) is 16.6. The molecule has 31 heavy (non-hydrogen) atoms. The Kier molecular flexibility index (Phi) is 7.36. The number of rotatable bonds is 4. The van der Waals surface area contributed by atoms with Crippen LogP contribution in [0, 0.1) is 0 Å². The lowest BCUT2D eigenvalue weighted by Crippen LogP contribution is -2.34. The molecule has 0 aliphatic heterocycles. The monoisotopic (exact) mass is 429 g/mol. The number of carbonyl (C=O) groups is 1. The van der Waals surface area contributed by atoms with E-state index in [0.717, 1.165) is 37.2 Å². The number of benzene rings is 2. The van der Waals surface area contributed by atoms with Gasteiger partial charge in [0.05, 0.1) is 0 Å². The quantitative estimate of drug-likeness (QED) is 0.642. The van der Waals surface area contributed by atoms with E-state index in [2.05, 4.69) is 52.8 Å². The Labute approximate surface area is 178 Å². The third-order valence-electron chi connectivity index (χ3n) is 4.86. The standard InChI is InChI=1S/C21H21N3.C2HF3O2/c1-3-7-16(8-4-1)14-22-19-11-12-20-18(13-19)15-23-21(24-20)17-9-5-2-6-10-17;3-2(4,5)1(6)7/h1-10,15,19,22H,11-14H2;(H,6,7). The second-order valence-corrected chi connectivity index (χ2v) is 7.14. The second-order valence-electron chi connectivity index (χ2n) is 7.14. The third kappa shape index (κ3) is 6.62. The second kappa shape index (κ2) is 10.2. The van der Waals surface area contributed by atoms with Crippen molar-refractivity contribution in [3.05, 3.63) is 83.7 Å². The van der Waals surface area contributed by atoms with Crippen molar-refractivity contribution in [1.29, 1.82) is 0 Å². The molecule has 0 radical (unpaired) electrons. The van der Waals surface area contributed by atoms with Crippen molar-refractivity contribution in [2.75, 3.05) is 0 Å². The van der Waals surface area contributed by atoms with Crippen molar-refractivity contribution >= 4 is 5.97 Å². The lowest BCUT2D eigenvalue weighted by Gasteiger charge is -2.25. The van der Waals surface area contributed by atoms with E-state index in [-0.39, 0.29) is 0 Å². The normalized spacial score (nSPS) is 15.4. The van der Waals surface area contributed by atoms with Gasteiger partial charge in [0.15, 0.2) is 5.82 Å². The molecule has 0 saturated heterocycles. The average Bonchev–Trinajstić information content (AvgIpc) is 2.78. The lowest BCUT2D eigenvalue weighted by atomic mass is 9.92. The van der Waals surface area contributed by atoms with E-state index in [1.54, 1.807) is 0 Å². The summed E-state index contributed by atoms with van der Waals surface area (Å²) in [4.78, 5) is 18.3. The number of aliphatic carboxylic acids is 1. The zero-order valence-corrected chi connectivity index (χ0v) is 16.6. The first kappa shape index (κ1) is 22.4. The summed E-state index contributed by atoms with van der Waals surface area (Å²) in [7, 11) is 0. The summed E-state index contributed by atoms with van der Waals surface area (Å²) in [5, 5.41) is 10.8. The van der Waals surface area contributed by atoms with Crippen molar-refractivity contribution < 1.29 is 23.1 Å². The minimum atomic E-state index is -5.08. The largest absolute Gasteiger partial charge is 0.490 e. The van der Waals surface area contributed by atoms with Crippen molar-refractivity contribution in [2.24, 2.45) is 0 Å². The van der Waals surface area contributed by atoms with Gasteiger partial charge in [-0.05, 0) is 30.4 Å². The number of carboxylic acid groups (broad SMARTS) is 1. The molecule has 1 heterocycles. The first-order chi connectivity index (χ1) is 14.8. The number of hydrogen-bond acceptors (Lipinski definition) is 4. The number of hydrogen-bond donors (Lipinski definition) is 2. The molecule has 0 amide bonds. The van der Waals surface area contributed by atoms with Crippen LogP contribution in [0.2, 0.25) is 0 Å². The smallest absolute Gasteiger partial charge is 0.475 e. The molecule has 0 bridgehead atoms. The molecule has 162 valence electrons. The highest BCUT2D eigenvalue weighted by Crippen LogP contribution is 2.23. The van der Waals surface area contributed by atoms with Crippen LogP contribution in [0.5, 0.6) is 0 Å². The van der Waals surface area contributed by atoms with Gasteiger partial charge in [-0.1, -0.05) is 60.7 Å². The summed E-state index contributed by atoms with van der Waals surface area (Å²) in [5.41, 5.74) is 4.91. The molecule has 3 aromatic rings. The Morgan fingerprint density at radius 3 is 2.29 bits per heavy atom. The summed E-state index contributed by atoms with van der Waals surface area (Å²) in [6.07, 6.45) is 0.0908. The summed E-state index contributed by atoms with van der Waals surface area (Å²) in [6.45, 7) is 0.920. The SMILES string of the molecule is O=C(O)C(F)(F)F.c1ccc(CNC2CCc3nc(-c4ccccc4)ncc3C2)cc1. The summed E-state index contributed by atoms with van der Waals surface area (Å²) < 4.78 is 31.7. The van der Waals surface area contributed by atoms with Crippen molar-refractivity contribution in [1.82, 2.24) is 15.3 Å². The Balaban J connectivity index is 0.000000339. The fourth-order valence-corrected chi connectivity index (χ4v) is 3.27. The topological polar surface area (TPSA) is 75.1 Å². The number of nitrogens with zero attached hydrogens (tertiary/aromatic N) is 2. The molecule has 0 fully saturated rings. The fourth-order valence-electron chi connectivity index (χ4n) is 3.27. The molecule has 0 spiro atoms. The van der Waals surface area contributed by atoms with E-state index in [0.29, 0.717) is 6.04 Å². The van der Waals surface area contributed by atoms with Crippen LogP contribution >= 0.6 is 0 Å². The Bertz CT molecular complexity index is 996. The van der Waals surface area contributed by atoms with Gasteiger partial charge < -0.3 is 10.4 Å².